The van der Waals surface area contributed by atoms with Gasteiger partial charge in [-0.3, -0.25) is 4.79 Å². The van der Waals surface area contributed by atoms with Crippen molar-refractivity contribution < 1.29 is 4.79 Å². The van der Waals surface area contributed by atoms with Crippen LogP contribution in [0.5, 0.6) is 0 Å². The summed E-state index contributed by atoms with van der Waals surface area (Å²) in [5.74, 6) is 0.537. The second-order valence-electron chi connectivity index (χ2n) is 5.17. The normalized spacial score (nSPS) is 23.9. The third-order valence-corrected chi connectivity index (χ3v) is 4.56. The first-order valence-corrected chi connectivity index (χ1v) is 7.55. The number of carbonyl (C=O) groups excluding carboxylic acids is 1. The van der Waals surface area contributed by atoms with Gasteiger partial charge in [0.15, 0.2) is 0 Å². The molecule has 0 saturated carbocycles. The zero-order chi connectivity index (χ0) is 13.0. The number of piperidine rings is 1. The number of hydrogen-bond acceptors (Lipinski definition) is 3. The van der Waals surface area contributed by atoms with Gasteiger partial charge in [0.05, 0.1) is 0 Å². The summed E-state index contributed by atoms with van der Waals surface area (Å²) < 4.78 is 0. The van der Waals surface area contributed by atoms with Crippen molar-refractivity contribution in [1.29, 1.82) is 0 Å². The quantitative estimate of drug-likeness (QED) is 0.905. The van der Waals surface area contributed by atoms with Gasteiger partial charge in [-0.2, -0.15) is 0 Å². The molecule has 1 saturated heterocycles. The van der Waals surface area contributed by atoms with E-state index in [4.69, 9.17) is 0 Å². The predicted octanol–water partition coefficient (Wildman–Crippen LogP) is 2.14. The van der Waals surface area contributed by atoms with Crippen molar-refractivity contribution in [2.45, 2.75) is 32.2 Å². The number of thiophene rings is 1. The molecule has 18 heavy (non-hydrogen) atoms. The lowest BCUT2D eigenvalue weighted by Crippen LogP contribution is -2.43. The Labute approximate surface area is 113 Å². The molecule has 4 heteroatoms. The minimum atomic E-state index is 0.217. The molecule has 1 aliphatic heterocycles. The van der Waals surface area contributed by atoms with Gasteiger partial charge in [-0.1, -0.05) is 6.07 Å². The van der Waals surface area contributed by atoms with Gasteiger partial charge in [-0.25, -0.2) is 0 Å². The van der Waals surface area contributed by atoms with Crippen LogP contribution in [0.4, 0.5) is 0 Å². The molecule has 2 atom stereocenters. The number of hydrogen-bond donors (Lipinski definition) is 1. The molecule has 3 nitrogen and oxygen atoms in total. The maximum absolute atomic E-state index is 12.3. The van der Waals surface area contributed by atoms with Gasteiger partial charge in [-0.15, -0.1) is 11.3 Å². The third kappa shape index (κ3) is 3.56. The van der Waals surface area contributed by atoms with E-state index in [0.29, 0.717) is 11.9 Å². The molecule has 0 aliphatic carbocycles. The first-order chi connectivity index (χ1) is 8.66. The van der Waals surface area contributed by atoms with E-state index in [-0.39, 0.29) is 5.92 Å². The van der Waals surface area contributed by atoms with E-state index in [0.717, 1.165) is 32.4 Å². The van der Waals surface area contributed by atoms with E-state index < -0.39 is 0 Å². The summed E-state index contributed by atoms with van der Waals surface area (Å²) in [4.78, 5) is 15.6. The zero-order valence-electron chi connectivity index (χ0n) is 11.2. The highest BCUT2D eigenvalue weighted by Gasteiger charge is 2.26. The summed E-state index contributed by atoms with van der Waals surface area (Å²) in [5.41, 5.74) is 0. The van der Waals surface area contributed by atoms with Crippen molar-refractivity contribution in [1.82, 2.24) is 10.2 Å². The summed E-state index contributed by atoms with van der Waals surface area (Å²) in [7, 11) is 1.93. The fraction of sp³-hybridized carbons (Fsp3) is 0.643. The fourth-order valence-electron chi connectivity index (χ4n) is 2.51. The van der Waals surface area contributed by atoms with Crippen LogP contribution < -0.4 is 5.32 Å². The Hall–Kier alpha value is -0.870. The lowest BCUT2D eigenvalue weighted by molar-refractivity contribution is -0.135. The van der Waals surface area contributed by atoms with Crippen LogP contribution >= 0.6 is 11.3 Å². The largest absolute Gasteiger partial charge is 0.345 e. The Morgan fingerprint density at radius 2 is 2.44 bits per heavy atom. The van der Waals surface area contributed by atoms with Crippen molar-refractivity contribution in [2.75, 3.05) is 20.1 Å². The highest BCUT2D eigenvalue weighted by atomic mass is 32.1. The number of likely N-dealkylation sites (N-methyl/N-ethyl adjacent to an activating group) is 1. The van der Waals surface area contributed by atoms with Crippen LogP contribution in [-0.2, 0) is 11.2 Å². The molecule has 1 fully saturated rings. The molecule has 1 aromatic heterocycles. The summed E-state index contributed by atoms with van der Waals surface area (Å²) >= 11 is 1.76. The van der Waals surface area contributed by atoms with E-state index in [2.05, 4.69) is 29.8 Å². The Kier molecular flexibility index (Phi) is 4.78. The smallest absolute Gasteiger partial charge is 0.225 e. The van der Waals surface area contributed by atoms with Crippen molar-refractivity contribution in [3.63, 3.8) is 0 Å². The molecule has 1 aliphatic rings. The molecule has 1 amide bonds. The van der Waals surface area contributed by atoms with E-state index in [1.807, 2.05) is 11.9 Å². The van der Waals surface area contributed by atoms with E-state index in [1.165, 1.54) is 4.88 Å². The Balaban J connectivity index is 1.80. The highest BCUT2D eigenvalue weighted by molar-refractivity contribution is 7.09. The standard InChI is InChI=1S/C14H22N2OS/c1-11-10-12(5-7-15-11)14(17)16(2)8-6-13-4-3-9-18-13/h3-4,9,11-12,15H,5-8,10H2,1-2H3/t11-,12-/m0/s1. The maximum atomic E-state index is 12.3. The second kappa shape index (κ2) is 6.34. The lowest BCUT2D eigenvalue weighted by atomic mass is 9.92. The average molecular weight is 266 g/mol. The summed E-state index contributed by atoms with van der Waals surface area (Å²) in [6, 6.07) is 4.67. The second-order valence-corrected chi connectivity index (χ2v) is 6.20. The average Bonchev–Trinajstić information content (AvgIpc) is 2.88. The van der Waals surface area contributed by atoms with Gasteiger partial charge in [0.2, 0.25) is 5.91 Å². The predicted molar refractivity (Wildman–Crippen MR) is 75.8 cm³/mol. The number of nitrogens with zero attached hydrogens (tertiary/aromatic N) is 1. The minimum Gasteiger partial charge on any atom is -0.345 e. The molecule has 0 aromatic carbocycles. The molecule has 1 N–H and O–H groups in total. The SMILES string of the molecule is C[C@H]1C[C@@H](C(=O)N(C)CCc2cccs2)CCN1. The molecule has 100 valence electrons. The molecule has 0 spiro atoms. The van der Waals surface area contributed by atoms with Gasteiger partial charge in [0.25, 0.3) is 0 Å². The number of nitrogens with one attached hydrogen (secondary N) is 1. The molecule has 0 radical (unpaired) electrons. The Morgan fingerprint density at radius 1 is 1.61 bits per heavy atom. The van der Waals surface area contributed by atoms with Crippen LogP contribution in [0.2, 0.25) is 0 Å². The third-order valence-electron chi connectivity index (χ3n) is 3.62. The molecule has 0 unspecified atom stereocenters. The van der Waals surface area contributed by atoms with Crippen LogP contribution in [0.3, 0.4) is 0 Å². The fourth-order valence-corrected chi connectivity index (χ4v) is 3.21. The van der Waals surface area contributed by atoms with Gasteiger partial charge in [0.1, 0.15) is 0 Å². The molecule has 2 rings (SSSR count). The Bertz CT molecular complexity index is 377. The van der Waals surface area contributed by atoms with Crippen LogP contribution in [0.25, 0.3) is 0 Å². The minimum absolute atomic E-state index is 0.217. The topological polar surface area (TPSA) is 32.3 Å². The van der Waals surface area contributed by atoms with Crippen LogP contribution in [0.1, 0.15) is 24.6 Å². The van der Waals surface area contributed by atoms with Crippen molar-refractivity contribution in [2.24, 2.45) is 5.92 Å². The van der Waals surface area contributed by atoms with Gasteiger partial charge < -0.3 is 10.2 Å². The number of amides is 1. The van der Waals surface area contributed by atoms with Crippen LogP contribution in [-0.4, -0.2) is 37.0 Å². The molecule has 0 bridgehead atoms. The summed E-state index contributed by atoms with van der Waals surface area (Å²) in [6.45, 7) is 3.96. The first-order valence-electron chi connectivity index (χ1n) is 6.67. The van der Waals surface area contributed by atoms with E-state index in [9.17, 15) is 4.79 Å². The molecular weight excluding hydrogens is 244 g/mol. The van der Waals surface area contributed by atoms with Crippen molar-refractivity contribution in [3.05, 3.63) is 22.4 Å². The monoisotopic (exact) mass is 266 g/mol. The van der Waals surface area contributed by atoms with E-state index >= 15 is 0 Å². The number of rotatable bonds is 4. The maximum Gasteiger partial charge on any atom is 0.225 e. The van der Waals surface area contributed by atoms with Crippen molar-refractivity contribution in [3.8, 4) is 0 Å². The molecule has 1 aromatic rings. The van der Waals surface area contributed by atoms with Gasteiger partial charge >= 0.3 is 0 Å². The summed E-state index contributed by atoms with van der Waals surface area (Å²) in [6.07, 6.45) is 2.93. The lowest BCUT2D eigenvalue weighted by Gasteiger charge is -2.30. The Morgan fingerprint density at radius 3 is 3.11 bits per heavy atom. The van der Waals surface area contributed by atoms with Gasteiger partial charge in [-0.05, 0) is 44.2 Å². The van der Waals surface area contributed by atoms with E-state index in [1.54, 1.807) is 11.3 Å². The van der Waals surface area contributed by atoms with Gasteiger partial charge in [0, 0.05) is 30.4 Å². The van der Waals surface area contributed by atoms with Crippen LogP contribution in [0.15, 0.2) is 17.5 Å². The molecular formula is C14H22N2OS. The zero-order valence-corrected chi connectivity index (χ0v) is 12.0. The van der Waals surface area contributed by atoms with Crippen molar-refractivity contribution >= 4 is 17.2 Å². The first kappa shape index (κ1) is 13.6. The van der Waals surface area contributed by atoms with Crippen LogP contribution in [0, 0.1) is 5.92 Å². The summed E-state index contributed by atoms with van der Waals surface area (Å²) in [5, 5.41) is 5.48. The number of carbonyl (C=O) groups is 1. The highest BCUT2D eigenvalue weighted by Crippen LogP contribution is 2.18. The molecule has 2 heterocycles.